The van der Waals surface area contributed by atoms with Crippen LogP contribution in [0.15, 0.2) is 24.3 Å². The van der Waals surface area contributed by atoms with Crippen molar-refractivity contribution < 1.29 is 5.11 Å². The van der Waals surface area contributed by atoms with Crippen LogP contribution in [0.4, 0.5) is 0 Å². The number of halogens is 1. The largest absolute Gasteiger partial charge is 0.392 e. The van der Waals surface area contributed by atoms with E-state index in [0.717, 1.165) is 22.8 Å². The Labute approximate surface area is 99.8 Å². The SMILES string of the molecule is OC(Cc1ccccc1Cl)C1CCSC1. The molecule has 1 aromatic carbocycles. The Morgan fingerprint density at radius 3 is 2.93 bits per heavy atom. The molecule has 1 nitrogen and oxygen atoms in total. The van der Waals surface area contributed by atoms with Crippen molar-refractivity contribution >= 4 is 23.4 Å². The third-order valence-electron chi connectivity index (χ3n) is 2.90. The van der Waals surface area contributed by atoms with Crippen LogP contribution >= 0.6 is 23.4 Å². The van der Waals surface area contributed by atoms with E-state index in [1.807, 2.05) is 36.0 Å². The van der Waals surface area contributed by atoms with Gasteiger partial charge in [0.15, 0.2) is 0 Å². The van der Waals surface area contributed by atoms with Crippen LogP contribution in [0.25, 0.3) is 0 Å². The van der Waals surface area contributed by atoms with Crippen molar-refractivity contribution in [2.45, 2.75) is 18.9 Å². The van der Waals surface area contributed by atoms with Crippen molar-refractivity contribution in [3.8, 4) is 0 Å². The van der Waals surface area contributed by atoms with Gasteiger partial charge in [0.1, 0.15) is 0 Å². The lowest BCUT2D eigenvalue weighted by molar-refractivity contribution is 0.120. The minimum atomic E-state index is -0.236. The maximum Gasteiger partial charge on any atom is 0.0617 e. The van der Waals surface area contributed by atoms with Crippen LogP contribution in [-0.4, -0.2) is 22.7 Å². The average molecular weight is 243 g/mol. The highest BCUT2D eigenvalue weighted by Gasteiger charge is 2.24. The smallest absolute Gasteiger partial charge is 0.0617 e. The lowest BCUT2D eigenvalue weighted by atomic mass is 9.96. The quantitative estimate of drug-likeness (QED) is 0.880. The first-order chi connectivity index (χ1) is 7.27. The molecule has 1 aliphatic heterocycles. The third-order valence-corrected chi connectivity index (χ3v) is 4.45. The van der Waals surface area contributed by atoms with Gasteiger partial charge in [-0.05, 0) is 35.5 Å². The summed E-state index contributed by atoms with van der Waals surface area (Å²) in [5.74, 6) is 2.72. The van der Waals surface area contributed by atoms with Gasteiger partial charge in [-0.1, -0.05) is 29.8 Å². The van der Waals surface area contributed by atoms with Gasteiger partial charge >= 0.3 is 0 Å². The zero-order valence-corrected chi connectivity index (χ0v) is 10.1. The fourth-order valence-electron chi connectivity index (χ4n) is 1.91. The second kappa shape index (κ2) is 5.24. The van der Waals surface area contributed by atoms with Crippen LogP contribution in [0.5, 0.6) is 0 Å². The topological polar surface area (TPSA) is 20.2 Å². The molecule has 0 aliphatic carbocycles. The summed E-state index contributed by atoms with van der Waals surface area (Å²) in [7, 11) is 0. The molecule has 0 spiro atoms. The Morgan fingerprint density at radius 2 is 2.27 bits per heavy atom. The van der Waals surface area contributed by atoms with E-state index in [4.69, 9.17) is 11.6 Å². The van der Waals surface area contributed by atoms with E-state index < -0.39 is 0 Å². The summed E-state index contributed by atoms with van der Waals surface area (Å²) < 4.78 is 0. The summed E-state index contributed by atoms with van der Waals surface area (Å²) in [4.78, 5) is 0. The highest BCUT2D eigenvalue weighted by Crippen LogP contribution is 2.28. The van der Waals surface area contributed by atoms with Crippen LogP contribution in [0.3, 0.4) is 0 Å². The molecular formula is C12H15ClOS. The van der Waals surface area contributed by atoms with Crippen molar-refractivity contribution in [1.82, 2.24) is 0 Å². The fraction of sp³-hybridized carbons (Fsp3) is 0.500. The summed E-state index contributed by atoms with van der Waals surface area (Å²) in [5.41, 5.74) is 1.06. The maximum absolute atomic E-state index is 10.1. The highest BCUT2D eigenvalue weighted by molar-refractivity contribution is 7.99. The molecule has 0 aromatic heterocycles. The Bertz CT molecular complexity index is 323. The van der Waals surface area contributed by atoms with Gasteiger partial charge in [0.05, 0.1) is 6.10 Å². The van der Waals surface area contributed by atoms with Crippen molar-refractivity contribution in [3.05, 3.63) is 34.9 Å². The molecule has 1 aromatic rings. The lowest BCUT2D eigenvalue weighted by Crippen LogP contribution is -2.22. The Hall–Kier alpha value is -0.180. The first-order valence-corrected chi connectivity index (χ1v) is 6.80. The van der Waals surface area contributed by atoms with E-state index in [1.165, 1.54) is 5.75 Å². The van der Waals surface area contributed by atoms with Gasteiger partial charge in [0.25, 0.3) is 0 Å². The molecule has 1 aliphatic rings. The molecular weight excluding hydrogens is 228 g/mol. The van der Waals surface area contributed by atoms with Gasteiger partial charge in [-0.2, -0.15) is 11.8 Å². The number of benzene rings is 1. The average Bonchev–Trinajstić information content (AvgIpc) is 2.74. The molecule has 1 saturated heterocycles. The second-order valence-electron chi connectivity index (χ2n) is 3.99. The van der Waals surface area contributed by atoms with Crippen molar-refractivity contribution in [2.24, 2.45) is 5.92 Å². The standard InChI is InChI=1S/C12H15ClOS/c13-11-4-2-1-3-9(11)7-12(14)10-5-6-15-8-10/h1-4,10,12,14H,5-8H2. The molecule has 1 heterocycles. The van der Waals surface area contributed by atoms with E-state index in [2.05, 4.69) is 0 Å². The van der Waals surface area contributed by atoms with Gasteiger partial charge in [-0.15, -0.1) is 0 Å². The molecule has 15 heavy (non-hydrogen) atoms. The predicted octanol–water partition coefficient (Wildman–Crippen LogP) is 3.00. The summed E-state index contributed by atoms with van der Waals surface area (Å²) in [6.07, 6.45) is 1.58. The number of aliphatic hydroxyl groups excluding tert-OH is 1. The fourth-order valence-corrected chi connectivity index (χ4v) is 3.45. The highest BCUT2D eigenvalue weighted by atomic mass is 35.5. The number of aliphatic hydroxyl groups is 1. The molecule has 2 unspecified atom stereocenters. The second-order valence-corrected chi connectivity index (χ2v) is 5.54. The van der Waals surface area contributed by atoms with Crippen LogP contribution in [0.1, 0.15) is 12.0 Å². The van der Waals surface area contributed by atoms with Gasteiger partial charge < -0.3 is 5.11 Å². The van der Waals surface area contributed by atoms with E-state index in [9.17, 15) is 5.11 Å². The van der Waals surface area contributed by atoms with Crippen LogP contribution in [0, 0.1) is 5.92 Å². The Morgan fingerprint density at radius 1 is 1.47 bits per heavy atom. The Balaban J connectivity index is 1.99. The summed E-state index contributed by atoms with van der Waals surface area (Å²) in [6.45, 7) is 0. The van der Waals surface area contributed by atoms with Crippen molar-refractivity contribution in [1.29, 1.82) is 0 Å². The van der Waals surface area contributed by atoms with E-state index in [-0.39, 0.29) is 6.10 Å². The third kappa shape index (κ3) is 2.90. The van der Waals surface area contributed by atoms with Crippen molar-refractivity contribution in [3.63, 3.8) is 0 Å². The first-order valence-electron chi connectivity index (χ1n) is 5.26. The van der Waals surface area contributed by atoms with Gasteiger partial charge in [-0.25, -0.2) is 0 Å². The van der Waals surface area contributed by atoms with E-state index >= 15 is 0 Å². The summed E-state index contributed by atoms with van der Waals surface area (Å²) in [5, 5.41) is 10.8. The number of thioether (sulfide) groups is 1. The predicted molar refractivity (Wildman–Crippen MR) is 66.6 cm³/mol. The van der Waals surface area contributed by atoms with E-state index in [1.54, 1.807) is 0 Å². The molecule has 0 amide bonds. The number of hydrogen-bond acceptors (Lipinski definition) is 2. The molecule has 1 fully saturated rings. The zero-order chi connectivity index (χ0) is 10.7. The minimum absolute atomic E-state index is 0.236. The van der Waals surface area contributed by atoms with Crippen molar-refractivity contribution in [2.75, 3.05) is 11.5 Å². The molecule has 2 rings (SSSR count). The molecule has 3 heteroatoms. The first kappa shape index (κ1) is 11.3. The zero-order valence-electron chi connectivity index (χ0n) is 8.53. The number of rotatable bonds is 3. The molecule has 0 saturated carbocycles. The number of hydrogen-bond donors (Lipinski definition) is 1. The minimum Gasteiger partial charge on any atom is -0.392 e. The maximum atomic E-state index is 10.1. The summed E-state index contributed by atoms with van der Waals surface area (Å²) in [6, 6.07) is 7.77. The van der Waals surface area contributed by atoms with Gasteiger partial charge in [0.2, 0.25) is 0 Å². The lowest BCUT2D eigenvalue weighted by Gasteiger charge is -2.17. The molecule has 82 valence electrons. The normalized spacial score (nSPS) is 22.9. The van der Waals surface area contributed by atoms with Gasteiger partial charge in [0, 0.05) is 11.4 Å². The molecule has 1 N–H and O–H groups in total. The van der Waals surface area contributed by atoms with Crippen LogP contribution in [0.2, 0.25) is 5.02 Å². The molecule has 0 radical (unpaired) electrons. The van der Waals surface area contributed by atoms with Crippen LogP contribution in [-0.2, 0) is 6.42 Å². The Kier molecular flexibility index (Phi) is 3.95. The monoisotopic (exact) mass is 242 g/mol. The van der Waals surface area contributed by atoms with Crippen LogP contribution < -0.4 is 0 Å². The summed E-state index contributed by atoms with van der Waals surface area (Å²) >= 11 is 7.99. The molecule has 0 bridgehead atoms. The van der Waals surface area contributed by atoms with Gasteiger partial charge in [-0.3, -0.25) is 0 Å². The molecule has 2 atom stereocenters. The van der Waals surface area contributed by atoms with E-state index in [0.29, 0.717) is 12.3 Å².